The van der Waals surface area contributed by atoms with Gasteiger partial charge in [0.25, 0.3) is 0 Å². The first kappa shape index (κ1) is 12.4. The van der Waals surface area contributed by atoms with Gasteiger partial charge in [-0.3, -0.25) is 4.79 Å². The van der Waals surface area contributed by atoms with E-state index in [-0.39, 0.29) is 10.8 Å². The van der Waals surface area contributed by atoms with Crippen molar-refractivity contribution in [3.05, 3.63) is 23.8 Å². The van der Waals surface area contributed by atoms with Gasteiger partial charge in [-0.15, -0.1) is 0 Å². The Hall–Kier alpha value is -0.570. The van der Waals surface area contributed by atoms with E-state index in [0.717, 1.165) is 12.0 Å². The van der Waals surface area contributed by atoms with E-state index in [1.807, 2.05) is 32.1 Å². The molecule has 0 aromatic rings. The van der Waals surface area contributed by atoms with E-state index in [1.54, 1.807) is 0 Å². The molecule has 0 spiro atoms. The Morgan fingerprint density at radius 3 is 2.62 bits per heavy atom. The van der Waals surface area contributed by atoms with Crippen molar-refractivity contribution in [2.75, 3.05) is 7.11 Å². The molecule has 13 heavy (non-hydrogen) atoms. The number of ether oxygens (including phenoxy) is 1. The van der Waals surface area contributed by atoms with Crippen LogP contribution in [0.5, 0.6) is 0 Å². The lowest BCUT2D eigenvalue weighted by Gasteiger charge is -2.09. The fourth-order valence-corrected chi connectivity index (χ4v) is 1.52. The van der Waals surface area contributed by atoms with Crippen molar-refractivity contribution in [2.24, 2.45) is 0 Å². The van der Waals surface area contributed by atoms with E-state index in [2.05, 4.69) is 20.7 Å². The van der Waals surface area contributed by atoms with E-state index >= 15 is 0 Å². The molecule has 0 radical (unpaired) electrons. The quantitative estimate of drug-likeness (QED) is 0.433. The molecule has 2 nitrogen and oxygen atoms in total. The van der Waals surface area contributed by atoms with E-state index in [0.29, 0.717) is 0 Å². The molecule has 74 valence electrons. The highest BCUT2D eigenvalue weighted by atomic mass is 79.9. The standard InChI is InChI=1S/C10H15BrO2/c1-4-6-7-8(5-2)9(11)10(12)13-3/h4,6-7,9H,5H2,1-3H3/b6-4-,8-7+. The van der Waals surface area contributed by atoms with Crippen molar-refractivity contribution in [2.45, 2.75) is 25.1 Å². The SMILES string of the molecule is C/C=C\C=C(/CC)C(Br)C(=O)OC. The smallest absolute Gasteiger partial charge is 0.323 e. The maximum atomic E-state index is 11.1. The fourth-order valence-electron chi connectivity index (χ4n) is 0.856. The summed E-state index contributed by atoms with van der Waals surface area (Å²) >= 11 is 3.28. The summed E-state index contributed by atoms with van der Waals surface area (Å²) in [5.74, 6) is -0.252. The predicted octanol–water partition coefficient (Wildman–Crippen LogP) is 2.84. The van der Waals surface area contributed by atoms with Crippen molar-refractivity contribution >= 4 is 21.9 Å². The van der Waals surface area contributed by atoms with Gasteiger partial charge < -0.3 is 4.74 Å². The Kier molecular flexibility index (Phi) is 6.59. The van der Waals surface area contributed by atoms with Crippen molar-refractivity contribution in [3.63, 3.8) is 0 Å². The number of halogens is 1. The highest BCUT2D eigenvalue weighted by Gasteiger charge is 2.17. The molecule has 0 bridgehead atoms. The average Bonchev–Trinajstić information content (AvgIpc) is 2.17. The number of allylic oxidation sites excluding steroid dienone is 3. The zero-order valence-electron chi connectivity index (χ0n) is 8.21. The predicted molar refractivity (Wildman–Crippen MR) is 57.9 cm³/mol. The molecule has 3 heteroatoms. The molecular formula is C10H15BrO2. The van der Waals surface area contributed by atoms with Gasteiger partial charge in [-0.1, -0.05) is 41.1 Å². The third-order valence-electron chi connectivity index (χ3n) is 1.64. The van der Waals surface area contributed by atoms with Crippen LogP contribution in [0.25, 0.3) is 0 Å². The van der Waals surface area contributed by atoms with Crippen molar-refractivity contribution in [1.82, 2.24) is 0 Å². The molecule has 0 aromatic heterocycles. The van der Waals surface area contributed by atoms with E-state index in [9.17, 15) is 4.79 Å². The number of alkyl halides is 1. The second kappa shape index (κ2) is 6.89. The van der Waals surface area contributed by atoms with Gasteiger partial charge in [0.05, 0.1) is 7.11 Å². The number of hydrogen-bond donors (Lipinski definition) is 0. The first-order valence-corrected chi connectivity index (χ1v) is 5.12. The Morgan fingerprint density at radius 2 is 2.23 bits per heavy atom. The molecule has 1 unspecified atom stereocenters. The third kappa shape index (κ3) is 4.27. The maximum Gasteiger partial charge on any atom is 0.323 e. The largest absolute Gasteiger partial charge is 0.468 e. The summed E-state index contributed by atoms with van der Waals surface area (Å²) in [5.41, 5.74) is 1.02. The van der Waals surface area contributed by atoms with Gasteiger partial charge in [-0.25, -0.2) is 0 Å². The monoisotopic (exact) mass is 246 g/mol. The lowest BCUT2D eigenvalue weighted by atomic mass is 10.1. The zero-order valence-corrected chi connectivity index (χ0v) is 9.80. The van der Waals surface area contributed by atoms with Gasteiger partial charge in [0.1, 0.15) is 4.83 Å². The molecule has 0 saturated carbocycles. The molecule has 0 saturated heterocycles. The van der Waals surface area contributed by atoms with Crippen LogP contribution < -0.4 is 0 Å². The molecule has 1 atom stereocenters. The minimum Gasteiger partial charge on any atom is -0.468 e. The van der Waals surface area contributed by atoms with Gasteiger partial charge in [-0.2, -0.15) is 0 Å². The van der Waals surface area contributed by atoms with Gasteiger partial charge >= 0.3 is 5.97 Å². The van der Waals surface area contributed by atoms with Crippen LogP contribution in [-0.4, -0.2) is 17.9 Å². The number of methoxy groups -OCH3 is 1. The highest BCUT2D eigenvalue weighted by Crippen LogP contribution is 2.17. The van der Waals surface area contributed by atoms with E-state index < -0.39 is 0 Å². The first-order chi connectivity index (χ1) is 6.17. The van der Waals surface area contributed by atoms with Crippen LogP contribution in [-0.2, 0) is 9.53 Å². The van der Waals surface area contributed by atoms with Crippen LogP contribution in [0, 0.1) is 0 Å². The Morgan fingerprint density at radius 1 is 1.62 bits per heavy atom. The first-order valence-electron chi connectivity index (χ1n) is 4.21. The minimum atomic E-state index is -0.321. The fraction of sp³-hybridized carbons (Fsp3) is 0.500. The van der Waals surface area contributed by atoms with Gasteiger partial charge in [0, 0.05) is 0 Å². The maximum absolute atomic E-state index is 11.1. The van der Waals surface area contributed by atoms with Crippen LogP contribution in [0.15, 0.2) is 23.8 Å². The molecular weight excluding hydrogens is 232 g/mol. The summed E-state index contributed by atoms with van der Waals surface area (Å²) in [6.07, 6.45) is 6.59. The van der Waals surface area contributed by atoms with Crippen LogP contribution in [0.3, 0.4) is 0 Å². The van der Waals surface area contributed by atoms with Gasteiger partial charge in [0.2, 0.25) is 0 Å². The van der Waals surface area contributed by atoms with Gasteiger partial charge in [-0.05, 0) is 18.9 Å². The molecule has 0 aliphatic carbocycles. The molecule has 0 N–H and O–H groups in total. The van der Waals surface area contributed by atoms with Crippen molar-refractivity contribution in [1.29, 1.82) is 0 Å². The third-order valence-corrected chi connectivity index (χ3v) is 2.61. The number of carbonyl (C=O) groups is 1. The molecule has 0 amide bonds. The zero-order chi connectivity index (χ0) is 10.3. The molecule has 0 aliphatic heterocycles. The van der Waals surface area contributed by atoms with Crippen LogP contribution in [0.2, 0.25) is 0 Å². The molecule has 0 fully saturated rings. The molecule has 0 heterocycles. The number of carbonyl (C=O) groups excluding carboxylic acids is 1. The lowest BCUT2D eigenvalue weighted by Crippen LogP contribution is -2.17. The Labute approximate surface area is 87.8 Å². The summed E-state index contributed by atoms with van der Waals surface area (Å²) in [4.78, 5) is 10.8. The van der Waals surface area contributed by atoms with Crippen molar-refractivity contribution < 1.29 is 9.53 Å². The number of hydrogen-bond acceptors (Lipinski definition) is 2. The lowest BCUT2D eigenvalue weighted by molar-refractivity contribution is -0.139. The average molecular weight is 247 g/mol. The van der Waals surface area contributed by atoms with E-state index in [4.69, 9.17) is 0 Å². The number of rotatable bonds is 4. The van der Waals surface area contributed by atoms with Crippen molar-refractivity contribution in [3.8, 4) is 0 Å². The Balaban J connectivity index is 4.48. The normalized spacial score (nSPS) is 14.6. The molecule has 0 aliphatic rings. The molecule has 0 aromatic carbocycles. The Bertz CT molecular complexity index is 219. The number of esters is 1. The summed E-state index contributed by atoms with van der Waals surface area (Å²) in [6, 6.07) is 0. The van der Waals surface area contributed by atoms with Crippen LogP contribution >= 0.6 is 15.9 Å². The summed E-state index contributed by atoms with van der Waals surface area (Å²) < 4.78 is 4.62. The summed E-state index contributed by atoms with van der Waals surface area (Å²) in [7, 11) is 1.39. The summed E-state index contributed by atoms with van der Waals surface area (Å²) in [6.45, 7) is 3.94. The topological polar surface area (TPSA) is 26.3 Å². The highest BCUT2D eigenvalue weighted by molar-refractivity contribution is 9.10. The van der Waals surface area contributed by atoms with Crippen LogP contribution in [0.4, 0.5) is 0 Å². The minimum absolute atomic E-state index is 0.252. The second-order valence-electron chi connectivity index (χ2n) is 2.51. The molecule has 0 rings (SSSR count). The van der Waals surface area contributed by atoms with Gasteiger partial charge in [0.15, 0.2) is 0 Å². The van der Waals surface area contributed by atoms with Crippen LogP contribution in [0.1, 0.15) is 20.3 Å². The second-order valence-corrected chi connectivity index (χ2v) is 3.42. The summed E-state index contributed by atoms with van der Waals surface area (Å²) in [5, 5.41) is 0. The van der Waals surface area contributed by atoms with E-state index in [1.165, 1.54) is 7.11 Å².